The van der Waals surface area contributed by atoms with E-state index in [1.807, 2.05) is 0 Å². The van der Waals surface area contributed by atoms with Crippen molar-refractivity contribution in [2.75, 3.05) is 6.61 Å². The smallest absolute Gasteiger partial charge is 0.336 e. The summed E-state index contributed by atoms with van der Waals surface area (Å²) in [5.41, 5.74) is -0.974. The number of carbonyl (C=O) groups is 1. The maximum absolute atomic E-state index is 11.5. The molecule has 26 heavy (non-hydrogen) atoms. The lowest BCUT2D eigenvalue weighted by Crippen LogP contribution is -2.43. The molecule has 0 bridgehead atoms. The fourth-order valence-corrected chi connectivity index (χ4v) is 2.51. The number of hydrogen-bond donors (Lipinski definition) is 1. The zero-order valence-corrected chi connectivity index (χ0v) is 14.6. The molecule has 1 unspecified atom stereocenters. The molecule has 0 aliphatic rings. The molecule has 2 heterocycles. The van der Waals surface area contributed by atoms with Gasteiger partial charge in [0, 0.05) is 19.1 Å². The predicted molar refractivity (Wildman–Crippen MR) is 93.2 cm³/mol. The number of carbonyl (C=O) groups excluding carboxylic acids is 1. The molecule has 0 aliphatic carbocycles. The zero-order valence-electron chi connectivity index (χ0n) is 14.6. The Hall–Kier alpha value is -2.84. The van der Waals surface area contributed by atoms with E-state index in [1.165, 1.54) is 33.1 Å². The molecular formula is C18H20O8. The standard InChI is InChI=1S/C18H18O7.H2O/c1-10(19)24-15(18(2,3)21)9-23-17-11-4-5-16(20)25-14(11)8-13-12(17)6-7-22-13;/h4-8,15,21H,9H2,1-3H3;1H2. The molecule has 3 rings (SSSR count). The van der Waals surface area contributed by atoms with Crippen LogP contribution in [0.15, 0.2) is 44.2 Å². The highest BCUT2D eigenvalue weighted by molar-refractivity contribution is 6.01. The van der Waals surface area contributed by atoms with E-state index in [2.05, 4.69) is 0 Å². The minimum atomic E-state index is -1.29. The van der Waals surface area contributed by atoms with Gasteiger partial charge < -0.3 is 28.9 Å². The van der Waals surface area contributed by atoms with Gasteiger partial charge in [-0.3, -0.25) is 4.79 Å². The summed E-state index contributed by atoms with van der Waals surface area (Å²) in [5.74, 6) is -0.0977. The molecule has 1 aromatic carbocycles. The molecule has 8 heteroatoms. The van der Waals surface area contributed by atoms with Crippen LogP contribution in [-0.2, 0) is 9.53 Å². The number of benzene rings is 1. The van der Waals surface area contributed by atoms with Gasteiger partial charge in [0.1, 0.15) is 23.5 Å². The molecule has 3 aromatic rings. The van der Waals surface area contributed by atoms with E-state index in [4.69, 9.17) is 18.3 Å². The summed E-state index contributed by atoms with van der Waals surface area (Å²) in [5, 5.41) is 11.4. The Balaban J connectivity index is 0.00000243. The van der Waals surface area contributed by atoms with Crippen LogP contribution in [0.25, 0.3) is 21.9 Å². The van der Waals surface area contributed by atoms with Gasteiger partial charge in [0.2, 0.25) is 0 Å². The maximum atomic E-state index is 11.5. The fourth-order valence-electron chi connectivity index (χ4n) is 2.51. The summed E-state index contributed by atoms with van der Waals surface area (Å²) in [7, 11) is 0. The summed E-state index contributed by atoms with van der Waals surface area (Å²) in [6.07, 6.45) is 0.617. The third-order valence-electron chi connectivity index (χ3n) is 3.78. The third-order valence-corrected chi connectivity index (χ3v) is 3.78. The number of hydrogen-bond acceptors (Lipinski definition) is 7. The molecule has 0 fully saturated rings. The van der Waals surface area contributed by atoms with Crippen LogP contribution in [0.3, 0.4) is 0 Å². The SMILES string of the molecule is CC(=O)OC(COc1c2ccoc2cc2oc(=O)ccc12)C(C)(C)O.O. The highest BCUT2D eigenvalue weighted by atomic mass is 16.6. The molecule has 0 aliphatic heterocycles. The molecule has 0 saturated heterocycles. The number of ether oxygens (including phenoxy) is 2. The maximum Gasteiger partial charge on any atom is 0.336 e. The van der Waals surface area contributed by atoms with Gasteiger partial charge in [0.05, 0.1) is 22.6 Å². The van der Waals surface area contributed by atoms with Gasteiger partial charge in [-0.05, 0) is 26.0 Å². The van der Waals surface area contributed by atoms with Gasteiger partial charge in [0.25, 0.3) is 0 Å². The average Bonchev–Trinajstić information content (AvgIpc) is 2.96. The Morgan fingerprint density at radius 3 is 2.58 bits per heavy atom. The van der Waals surface area contributed by atoms with E-state index >= 15 is 0 Å². The quantitative estimate of drug-likeness (QED) is 0.539. The summed E-state index contributed by atoms with van der Waals surface area (Å²) in [6.45, 7) is 4.24. The fraction of sp³-hybridized carbons (Fsp3) is 0.333. The van der Waals surface area contributed by atoms with Crippen molar-refractivity contribution < 1.29 is 33.7 Å². The molecule has 8 nitrogen and oxygen atoms in total. The van der Waals surface area contributed by atoms with E-state index in [0.717, 1.165) is 0 Å². The van der Waals surface area contributed by atoms with Crippen molar-refractivity contribution in [2.24, 2.45) is 0 Å². The minimum Gasteiger partial charge on any atom is -0.488 e. The number of rotatable bonds is 5. The second-order valence-electron chi connectivity index (χ2n) is 6.27. The molecule has 140 valence electrons. The van der Waals surface area contributed by atoms with E-state index in [1.54, 1.807) is 18.2 Å². The molecule has 0 amide bonds. The monoisotopic (exact) mass is 364 g/mol. The molecule has 0 spiro atoms. The number of fused-ring (bicyclic) bond motifs is 2. The van der Waals surface area contributed by atoms with Gasteiger partial charge in [-0.2, -0.15) is 0 Å². The molecule has 1 atom stereocenters. The summed E-state index contributed by atoms with van der Waals surface area (Å²) < 4.78 is 21.6. The van der Waals surface area contributed by atoms with E-state index in [9.17, 15) is 14.7 Å². The van der Waals surface area contributed by atoms with Crippen LogP contribution in [0.1, 0.15) is 20.8 Å². The normalized spacial score (nSPS) is 12.6. The summed E-state index contributed by atoms with van der Waals surface area (Å²) in [6, 6.07) is 6.22. The van der Waals surface area contributed by atoms with Crippen molar-refractivity contribution in [1.82, 2.24) is 0 Å². The molecule has 0 radical (unpaired) electrons. The predicted octanol–water partition coefficient (Wildman–Crippen LogP) is 1.80. The average molecular weight is 364 g/mol. The van der Waals surface area contributed by atoms with Gasteiger partial charge in [-0.25, -0.2) is 4.79 Å². The molecule has 3 N–H and O–H groups in total. The molecule has 0 saturated carbocycles. The molecule has 2 aromatic heterocycles. The van der Waals surface area contributed by atoms with Crippen LogP contribution in [0.4, 0.5) is 0 Å². The summed E-state index contributed by atoms with van der Waals surface area (Å²) in [4.78, 5) is 22.7. The zero-order chi connectivity index (χ0) is 18.2. The van der Waals surface area contributed by atoms with Crippen molar-refractivity contribution in [3.8, 4) is 5.75 Å². The van der Waals surface area contributed by atoms with Crippen molar-refractivity contribution >= 4 is 27.9 Å². The lowest BCUT2D eigenvalue weighted by Gasteiger charge is -2.28. The lowest BCUT2D eigenvalue weighted by atomic mass is 10.0. The van der Waals surface area contributed by atoms with Crippen LogP contribution in [0, 0.1) is 0 Å². The number of aliphatic hydroxyl groups is 1. The number of furan rings is 1. The van der Waals surface area contributed by atoms with E-state index < -0.39 is 23.3 Å². The Morgan fingerprint density at radius 2 is 1.92 bits per heavy atom. The van der Waals surface area contributed by atoms with Crippen molar-refractivity contribution in [1.29, 1.82) is 0 Å². The van der Waals surface area contributed by atoms with Crippen LogP contribution < -0.4 is 10.4 Å². The van der Waals surface area contributed by atoms with Crippen LogP contribution in [-0.4, -0.2) is 34.9 Å². The van der Waals surface area contributed by atoms with Gasteiger partial charge in [-0.1, -0.05) is 0 Å². The van der Waals surface area contributed by atoms with Crippen LogP contribution in [0.2, 0.25) is 0 Å². The van der Waals surface area contributed by atoms with Gasteiger partial charge in [-0.15, -0.1) is 0 Å². The van der Waals surface area contributed by atoms with Crippen molar-refractivity contribution in [3.63, 3.8) is 0 Å². The summed E-state index contributed by atoms with van der Waals surface area (Å²) >= 11 is 0. The first-order valence-corrected chi connectivity index (χ1v) is 7.72. The Kier molecular flexibility index (Phi) is 5.38. The van der Waals surface area contributed by atoms with E-state index in [-0.39, 0.29) is 12.1 Å². The first kappa shape index (κ1) is 19.5. The second kappa shape index (κ2) is 7.19. The van der Waals surface area contributed by atoms with Crippen LogP contribution >= 0.6 is 0 Å². The lowest BCUT2D eigenvalue weighted by molar-refractivity contribution is -0.162. The second-order valence-corrected chi connectivity index (χ2v) is 6.27. The highest BCUT2D eigenvalue weighted by Gasteiger charge is 2.31. The number of esters is 1. The Bertz CT molecular complexity index is 976. The van der Waals surface area contributed by atoms with Crippen molar-refractivity contribution in [2.45, 2.75) is 32.5 Å². The van der Waals surface area contributed by atoms with Gasteiger partial charge >= 0.3 is 11.6 Å². The minimum absolute atomic E-state index is 0. The molecular weight excluding hydrogens is 344 g/mol. The third kappa shape index (κ3) is 3.87. The Morgan fingerprint density at radius 1 is 1.23 bits per heavy atom. The van der Waals surface area contributed by atoms with Crippen LogP contribution in [0.5, 0.6) is 5.75 Å². The largest absolute Gasteiger partial charge is 0.488 e. The van der Waals surface area contributed by atoms with Crippen molar-refractivity contribution in [3.05, 3.63) is 40.9 Å². The van der Waals surface area contributed by atoms with Gasteiger partial charge in [0.15, 0.2) is 6.10 Å². The highest BCUT2D eigenvalue weighted by Crippen LogP contribution is 2.35. The first-order valence-electron chi connectivity index (χ1n) is 7.72. The topological polar surface area (TPSA) is 131 Å². The first-order chi connectivity index (χ1) is 11.8. The Labute approximate surface area is 148 Å². The van der Waals surface area contributed by atoms with E-state index in [0.29, 0.717) is 27.7 Å².